The summed E-state index contributed by atoms with van der Waals surface area (Å²) in [5.74, 6) is 0. The molecule has 2 heterocycles. The second-order valence-corrected chi connectivity index (χ2v) is 6.48. The van der Waals surface area contributed by atoms with Crippen LogP contribution in [0, 0.1) is 5.41 Å². The molecule has 0 unspecified atom stereocenters. The Morgan fingerprint density at radius 3 is 2.53 bits per heavy atom. The lowest BCUT2D eigenvalue weighted by Crippen LogP contribution is -2.58. The summed E-state index contributed by atoms with van der Waals surface area (Å²) >= 11 is 7.63. The normalized spacial score (nSPS) is 20.0. The molecular formula is C11H16ClNOS. The zero-order valence-corrected chi connectivity index (χ0v) is 10.6. The molecule has 0 aromatic carbocycles. The number of nitrogens with two attached hydrogens (primary N) is 1. The van der Waals surface area contributed by atoms with Gasteiger partial charge in [0.1, 0.15) is 0 Å². The molecule has 84 valence electrons. The fourth-order valence-electron chi connectivity index (χ4n) is 1.94. The number of halogens is 1. The van der Waals surface area contributed by atoms with Crippen LogP contribution in [0.2, 0.25) is 4.34 Å². The minimum absolute atomic E-state index is 0.0550. The smallest absolute Gasteiger partial charge is 0.0931 e. The number of hydrogen-bond donors (Lipinski definition) is 1. The molecule has 0 amide bonds. The van der Waals surface area contributed by atoms with Gasteiger partial charge in [0, 0.05) is 4.88 Å². The van der Waals surface area contributed by atoms with Gasteiger partial charge >= 0.3 is 0 Å². The second kappa shape index (κ2) is 3.74. The number of hydrogen-bond acceptors (Lipinski definition) is 3. The topological polar surface area (TPSA) is 35.2 Å². The molecule has 1 aliphatic heterocycles. The average Bonchev–Trinajstić information content (AvgIpc) is 2.50. The summed E-state index contributed by atoms with van der Waals surface area (Å²) in [4.78, 5) is 1.30. The van der Waals surface area contributed by atoms with E-state index in [4.69, 9.17) is 22.1 Å². The van der Waals surface area contributed by atoms with E-state index in [-0.39, 0.29) is 10.8 Å². The van der Waals surface area contributed by atoms with Gasteiger partial charge in [0.2, 0.25) is 0 Å². The van der Waals surface area contributed by atoms with Crippen molar-refractivity contribution < 1.29 is 4.74 Å². The zero-order chi connectivity index (χ0) is 11.1. The average molecular weight is 246 g/mol. The van der Waals surface area contributed by atoms with Crippen molar-refractivity contribution >= 4 is 22.9 Å². The summed E-state index contributed by atoms with van der Waals surface area (Å²) in [6, 6.07) is 4.06. The van der Waals surface area contributed by atoms with Gasteiger partial charge in [-0.2, -0.15) is 0 Å². The maximum absolute atomic E-state index is 5.99. The summed E-state index contributed by atoms with van der Waals surface area (Å²) in [5.41, 5.74) is 5.99. The highest BCUT2D eigenvalue weighted by molar-refractivity contribution is 7.16. The van der Waals surface area contributed by atoms with Gasteiger partial charge in [0.05, 0.1) is 23.0 Å². The first-order valence-electron chi connectivity index (χ1n) is 5.05. The Bertz CT molecular complexity index is 357. The van der Waals surface area contributed by atoms with Crippen molar-refractivity contribution in [3.05, 3.63) is 21.3 Å². The van der Waals surface area contributed by atoms with Crippen LogP contribution >= 0.6 is 22.9 Å². The summed E-state index contributed by atoms with van der Waals surface area (Å²) in [6.45, 7) is 6.57. The van der Waals surface area contributed by atoms with E-state index < -0.39 is 0 Å². The third-order valence-corrected chi connectivity index (χ3v) is 4.98. The molecule has 0 aliphatic carbocycles. The van der Waals surface area contributed by atoms with E-state index in [2.05, 4.69) is 19.9 Å². The van der Waals surface area contributed by atoms with E-state index in [1.165, 1.54) is 4.88 Å². The summed E-state index contributed by atoms with van der Waals surface area (Å²) in [7, 11) is 0. The molecular weight excluding hydrogens is 230 g/mol. The van der Waals surface area contributed by atoms with Crippen molar-refractivity contribution in [2.24, 2.45) is 11.1 Å². The van der Waals surface area contributed by atoms with Crippen LogP contribution in [0.5, 0.6) is 0 Å². The predicted molar refractivity (Wildman–Crippen MR) is 64.7 cm³/mol. The number of rotatable bonds is 3. The van der Waals surface area contributed by atoms with Gasteiger partial charge in [-0.15, -0.1) is 11.3 Å². The highest BCUT2D eigenvalue weighted by atomic mass is 35.5. The molecule has 1 fully saturated rings. The first-order chi connectivity index (χ1) is 7.02. The van der Waals surface area contributed by atoms with E-state index >= 15 is 0 Å². The molecule has 1 saturated heterocycles. The van der Waals surface area contributed by atoms with Crippen LogP contribution in [-0.4, -0.2) is 19.8 Å². The molecule has 2 N–H and O–H groups in total. The third-order valence-electron chi connectivity index (χ3n) is 3.55. The first kappa shape index (κ1) is 11.4. The van der Waals surface area contributed by atoms with Gasteiger partial charge in [0.15, 0.2) is 0 Å². The summed E-state index contributed by atoms with van der Waals surface area (Å²) < 4.78 is 6.24. The Kier molecular flexibility index (Phi) is 2.84. The first-order valence-corrected chi connectivity index (χ1v) is 6.25. The fourth-order valence-corrected chi connectivity index (χ4v) is 3.32. The SMILES string of the molecule is CC(C)(CN)C1(c2ccc(Cl)s2)COC1. The molecule has 1 aromatic heterocycles. The lowest BCUT2D eigenvalue weighted by atomic mass is 9.63. The van der Waals surface area contributed by atoms with E-state index in [0.29, 0.717) is 6.54 Å². The van der Waals surface area contributed by atoms with Crippen LogP contribution in [0.1, 0.15) is 18.7 Å². The van der Waals surface area contributed by atoms with Gasteiger partial charge < -0.3 is 10.5 Å². The minimum Gasteiger partial charge on any atom is -0.379 e. The molecule has 2 rings (SSSR count). The summed E-state index contributed by atoms with van der Waals surface area (Å²) in [5, 5.41) is 0. The highest BCUT2D eigenvalue weighted by Gasteiger charge is 2.52. The van der Waals surface area contributed by atoms with E-state index in [1.807, 2.05) is 6.07 Å². The molecule has 0 atom stereocenters. The largest absolute Gasteiger partial charge is 0.379 e. The molecule has 0 saturated carbocycles. The quantitative estimate of drug-likeness (QED) is 0.889. The van der Waals surface area contributed by atoms with E-state index in [1.54, 1.807) is 11.3 Å². The zero-order valence-electron chi connectivity index (χ0n) is 9.05. The Hall–Kier alpha value is -0.0900. The standard InChI is InChI=1S/C11H16ClNOS/c1-10(2,5-13)11(6-14-7-11)8-3-4-9(12)15-8/h3-4H,5-7,13H2,1-2H3. The Morgan fingerprint density at radius 1 is 1.53 bits per heavy atom. The van der Waals surface area contributed by atoms with Crippen molar-refractivity contribution in [2.45, 2.75) is 19.3 Å². The molecule has 15 heavy (non-hydrogen) atoms. The Labute approximate surface area is 99.4 Å². The number of ether oxygens (including phenoxy) is 1. The molecule has 0 spiro atoms. The monoisotopic (exact) mass is 245 g/mol. The Balaban J connectivity index is 2.38. The van der Waals surface area contributed by atoms with Crippen molar-refractivity contribution in [1.29, 1.82) is 0 Å². The fraction of sp³-hybridized carbons (Fsp3) is 0.636. The van der Waals surface area contributed by atoms with Crippen LogP contribution in [0.15, 0.2) is 12.1 Å². The van der Waals surface area contributed by atoms with Crippen LogP contribution < -0.4 is 5.73 Å². The second-order valence-electron chi connectivity index (χ2n) is 4.77. The third kappa shape index (κ3) is 1.62. The molecule has 4 heteroatoms. The highest BCUT2D eigenvalue weighted by Crippen LogP contribution is 2.49. The molecule has 1 aliphatic rings. The van der Waals surface area contributed by atoms with Gasteiger partial charge in [0.25, 0.3) is 0 Å². The van der Waals surface area contributed by atoms with E-state index in [9.17, 15) is 0 Å². The summed E-state index contributed by atoms with van der Waals surface area (Å²) in [6.07, 6.45) is 0. The van der Waals surface area contributed by atoms with Crippen LogP contribution in [0.4, 0.5) is 0 Å². The van der Waals surface area contributed by atoms with Crippen molar-refractivity contribution in [3.63, 3.8) is 0 Å². The molecule has 1 aromatic rings. The van der Waals surface area contributed by atoms with Crippen molar-refractivity contribution in [2.75, 3.05) is 19.8 Å². The van der Waals surface area contributed by atoms with Crippen molar-refractivity contribution in [1.82, 2.24) is 0 Å². The van der Waals surface area contributed by atoms with Gasteiger partial charge in [-0.3, -0.25) is 0 Å². The van der Waals surface area contributed by atoms with Gasteiger partial charge in [-0.05, 0) is 24.1 Å². The van der Waals surface area contributed by atoms with Gasteiger partial charge in [-0.1, -0.05) is 25.4 Å². The number of thiophene rings is 1. The molecule has 0 bridgehead atoms. The van der Waals surface area contributed by atoms with E-state index in [0.717, 1.165) is 17.6 Å². The van der Waals surface area contributed by atoms with Crippen LogP contribution in [-0.2, 0) is 10.2 Å². The maximum atomic E-state index is 5.99. The predicted octanol–water partition coefficient (Wildman–Crippen LogP) is 2.65. The maximum Gasteiger partial charge on any atom is 0.0931 e. The van der Waals surface area contributed by atoms with Crippen LogP contribution in [0.3, 0.4) is 0 Å². The lowest BCUT2D eigenvalue weighted by Gasteiger charge is -2.51. The minimum atomic E-state index is 0.0550. The molecule has 2 nitrogen and oxygen atoms in total. The Morgan fingerprint density at radius 2 is 2.20 bits per heavy atom. The van der Waals surface area contributed by atoms with Crippen LogP contribution in [0.25, 0.3) is 0 Å². The van der Waals surface area contributed by atoms with Gasteiger partial charge in [-0.25, -0.2) is 0 Å². The lowest BCUT2D eigenvalue weighted by molar-refractivity contribution is -0.114. The molecule has 0 radical (unpaired) electrons. The van der Waals surface area contributed by atoms with Crippen molar-refractivity contribution in [3.8, 4) is 0 Å².